The molecule has 0 spiro atoms. The van der Waals surface area contributed by atoms with Crippen LogP contribution in [-0.4, -0.2) is 134 Å². The molecule has 4 amide bonds. The van der Waals surface area contributed by atoms with Gasteiger partial charge >= 0.3 is 12.2 Å². The van der Waals surface area contributed by atoms with Gasteiger partial charge in [0.25, 0.3) is 0 Å². The first kappa shape index (κ1) is 47.8. The Morgan fingerprint density at radius 2 is 1.15 bits per heavy atom. The number of likely N-dealkylation sites (tertiary alicyclic amines) is 2. The van der Waals surface area contributed by atoms with Crippen LogP contribution < -0.4 is 20.1 Å². The van der Waals surface area contributed by atoms with Gasteiger partial charge in [-0.15, -0.1) is 0 Å². The van der Waals surface area contributed by atoms with E-state index in [4.69, 9.17) is 38.4 Å². The Bertz CT molecular complexity index is 2270. The number of hydrogen-bond acceptors (Lipinski definition) is 12. The van der Waals surface area contributed by atoms with Gasteiger partial charge in [0.05, 0.1) is 63.3 Å². The van der Waals surface area contributed by atoms with Crippen molar-refractivity contribution < 1.29 is 47.6 Å². The molecule has 1 saturated carbocycles. The molecular weight excluding hydrogens is 849 g/mol. The summed E-state index contributed by atoms with van der Waals surface area (Å²) in [5, 5.41) is 5.55. The van der Waals surface area contributed by atoms with Crippen molar-refractivity contribution in [2.45, 2.75) is 89.4 Å². The monoisotopic (exact) mass is 912 g/mol. The lowest BCUT2D eigenvalue weighted by atomic mass is 9.96. The summed E-state index contributed by atoms with van der Waals surface area (Å²) in [7, 11) is 5.83. The van der Waals surface area contributed by atoms with Crippen LogP contribution in [0.2, 0.25) is 0 Å². The molecule has 18 heteroatoms. The summed E-state index contributed by atoms with van der Waals surface area (Å²) in [4.78, 5) is 72.5. The van der Waals surface area contributed by atoms with Gasteiger partial charge in [0, 0.05) is 38.4 Å². The van der Waals surface area contributed by atoms with E-state index in [9.17, 15) is 19.2 Å². The largest absolute Gasteiger partial charge is 0.487 e. The van der Waals surface area contributed by atoms with Crippen molar-refractivity contribution in [2.75, 3.05) is 68.0 Å². The van der Waals surface area contributed by atoms with E-state index in [1.807, 2.05) is 55.1 Å². The van der Waals surface area contributed by atoms with Gasteiger partial charge in [-0.3, -0.25) is 9.59 Å². The van der Waals surface area contributed by atoms with E-state index in [-0.39, 0.29) is 48.9 Å². The third-order valence-corrected chi connectivity index (χ3v) is 12.9. The van der Waals surface area contributed by atoms with E-state index in [0.29, 0.717) is 55.1 Å². The summed E-state index contributed by atoms with van der Waals surface area (Å²) >= 11 is 0. The number of alkyl carbamates (subject to hydrolysis) is 2. The Kier molecular flexibility index (Phi) is 16.2. The SMILES string of the molecule is COCCOc1c(-c2ccc(-c3cnc([C@@H]4CCCN4C(=O)[C@@H](NC(=O)OC)C(C)C)[nH]3)cc2)ccc(-c2cnc([C@@H]3CCCN3C(=O)[C@@H](NC(=O)OC)C3CCCC3)[nH]2)c1OCCOC. The van der Waals surface area contributed by atoms with Crippen LogP contribution in [0.25, 0.3) is 33.6 Å². The predicted octanol–water partition coefficient (Wildman–Crippen LogP) is 6.81. The highest BCUT2D eigenvalue weighted by molar-refractivity contribution is 5.88. The number of H-pyrrole nitrogens is 2. The van der Waals surface area contributed by atoms with Crippen molar-refractivity contribution in [3.63, 3.8) is 0 Å². The van der Waals surface area contributed by atoms with Gasteiger partial charge in [0.1, 0.15) is 36.9 Å². The number of hydrogen-bond donors (Lipinski definition) is 4. The molecule has 0 bridgehead atoms. The van der Waals surface area contributed by atoms with Gasteiger partial charge in [-0.05, 0) is 73.6 Å². The number of imidazole rings is 2. The second-order valence-corrected chi connectivity index (χ2v) is 17.3. The van der Waals surface area contributed by atoms with Crippen LogP contribution in [0.3, 0.4) is 0 Å². The van der Waals surface area contributed by atoms with Crippen molar-refractivity contribution >= 4 is 24.0 Å². The molecule has 3 fully saturated rings. The highest BCUT2D eigenvalue weighted by atomic mass is 16.6. The normalized spacial score (nSPS) is 18.3. The Hall–Kier alpha value is -6.14. The number of ether oxygens (including phenoxy) is 6. The van der Waals surface area contributed by atoms with Gasteiger partial charge in [-0.2, -0.15) is 0 Å². The topological polar surface area (TPSA) is 212 Å². The highest BCUT2D eigenvalue weighted by Crippen LogP contribution is 2.46. The van der Waals surface area contributed by atoms with Crippen LogP contribution in [0.4, 0.5) is 9.59 Å². The van der Waals surface area contributed by atoms with Gasteiger partial charge in [0.2, 0.25) is 11.8 Å². The maximum Gasteiger partial charge on any atom is 0.407 e. The standard InChI is InChI=1S/C48H64N8O10/c1-29(2)39(53-47(59)63-5)45(57)55-21-9-13-37(55)43-49-27-35(51-43)31-17-15-30(16-18-31)33-19-20-34(42(66-26-24-62-4)41(33)65-25-23-61-3)36-28-50-44(52-36)38-14-10-22-56(38)46(58)40(54-48(60)64-6)32-11-7-8-12-32/h15-20,27-29,32,37-40H,7-14,21-26H2,1-6H3,(H,49,51)(H,50,52)(H,53,59)(H,54,60)/t37-,38-,39-,40-/m0/s1. The molecule has 3 aliphatic rings. The van der Waals surface area contributed by atoms with E-state index in [2.05, 4.69) is 20.6 Å². The van der Waals surface area contributed by atoms with Crippen LogP contribution >= 0.6 is 0 Å². The molecule has 66 heavy (non-hydrogen) atoms. The van der Waals surface area contributed by atoms with Crippen molar-refractivity contribution in [1.82, 2.24) is 40.4 Å². The molecule has 2 aliphatic heterocycles. The first-order chi connectivity index (χ1) is 32.1. The number of benzene rings is 2. The van der Waals surface area contributed by atoms with Crippen LogP contribution in [0, 0.1) is 11.8 Å². The lowest BCUT2D eigenvalue weighted by Gasteiger charge is -2.31. The summed E-state index contributed by atoms with van der Waals surface area (Å²) in [6.07, 6.45) is 9.16. The fourth-order valence-corrected chi connectivity index (χ4v) is 9.41. The minimum absolute atomic E-state index is 0.0517. The Morgan fingerprint density at radius 3 is 1.73 bits per heavy atom. The molecule has 1 aliphatic carbocycles. The highest BCUT2D eigenvalue weighted by Gasteiger charge is 2.41. The van der Waals surface area contributed by atoms with Gasteiger partial charge in [0.15, 0.2) is 11.5 Å². The van der Waals surface area contributed by atoms with E-state index in [1.54, 1.807) is 31.5 Å². The van der Waals surface area contributed by atoms with E-state index in [1.165, 1.54) is 14.2 Å². The van der Waals surface area contributed by atoms with Crippen LogP contribution in [0.15, 0.2) is 48.8 Å². The molecule has 356 valence electrons. The van der Waals surface area contributed by atoms with Crippen molar-refractivity contribution in [1.29, 1.82) is 0 Å². The average molecular weight is 913 g/mol. The van der Waals surface area contributed by atoms with E-state index >= 15 is 0 Å². The van der Waals surface area contributed by atoms with Crippen LogP contribution in [0.5, 0.6) is 11.5 Å². The molecule has 2 saturated heterocycles. The zero-order valence-corrected chi connectivity index (χ0v) is 38.9. The Balaban J connectivity index is 1.15. The predicted molar refractivity (Wildman–Crippen MR) is 245 cm³/mol. The molecular formula is C48H64N8O10. The lowest BCUT2D eigenvalue weighted by Crippen LogP contribution is -2.51. The Morgan fingerprint density at radius 1 is 0.636 bits per heavy atom. The minimum Gasteiger partial charge on any atom is -0.487 e. The smallest absolute Gasteiger partial charge is 0.407 e. The van der Waals surface area contributed by atoms with Crippen molar-refractivity contribution in [3.05, 3.63) is 60.4 Å². The summed E-state index contributed by atoms with van der Waals surface area (Å²) in [5.74, 6) is 1.98. The number of carbonyl (C=O) groups excluding carboxylic acids is 4. The zero-order valence-electron chi connectivity index (χ0n) is 38.9. The summed E-state index contributed by atoms with van der Waals surface area (Å²) in [6.45, 7) is 6.10. The third kappa shape index (κ3) is 10.8. The molecule has 4 heterocycles. The average Bonchev–Trinajstić information content (AvgIpc) is 4.20. The number of carbonyl (C=O) groups is 4. The minimum atomic E-state index is -0.724. The van der Waals surface area contributed by atoms with E-state index in [0.717, 1.165) is 79.3 Å². The van der Waals surface area contributed by atoms with Crippen molar-refractivity contribution in [2.24, 2.45) is 11.8 Å². The number of nitrogens with one attached hydrogen (secondary N) is 4. The van der Waals surface area contributed by atoms with Gasteiger partial charge in [-0.1, -0.05) is 51.0 Å². The summed E-state index contributed by atoms with van der Waals surface area (Å²) < 4.78 is 33.4. The maximum absolute atomic E-state index is 14.2. The maximum atomic E-state index is 14.2. The number of amides is 4. The Labute approximate surface area is 385 Å². The molecule has 2 aromatic heterocycles. The van der Waals surface area contributed by atoms with Gasteiger partial charge in [-0.25, -0.2) is 19.6 Å². The quantitative estimate of drug-likeness (QED) is 0.0716. The molecule has 0 radical (unpaired) electrons. The molecule has 7 rings (SSSR count). The molecule has 0 unspecified atom stereocenters. The zero-order chi connectivity index (χ0) is 46.7. The molecule has 18 nitrogen and oxygen atoms in total. The number of aromatic nitrogens is 4. The first-order valence-corrected chi connectivity index (χ1v) is 23.0. The number of rotatable bonds is 19. The van der Waals surface area contributed by atoms with E-state index < -0.39 is 24.3 Å². The molecule has 2 aromatic carbocycles. The summed E-state index contributed by atoms with van der Waals surface area (Å²) in [6, 6.07) is 10.0. The van der Waals surface area contributed by atoms with Crippen LogP contribution in [-0.2, 0) is 28.5 Å². The van der Waals surface area contributed by atoms with Crippen LogP contribution in [0.1, 0.15) is 88.9 Å². The van der Waals surface area contributed by atoms with Gasteiger partial charge < -0.3 is 58.8 Å². The second kappa shape index (κ2) is 22.4. The fraction of sp³-hybridized carbons (Fsp3) is 0.542. The number of methoxy groups -OCH3 is 4. The lowest BCUT2D eigenvalue weighted by molar-refractivity contribution is -0.136. The molecule has 4 N–H and O–H groups in total. The molecule has 4 aromatic rings. The first-order valence-electron chi connectivity index (χ1n) is 23.0. The fourth-order valence-electron chi connectivity index (χ4n) is 9.41. The van der Waals surface area contributed by atoms with Crippen molar-refractivity contribution in [3.8, 4) is 45.1 Å². The summed E-state index contributed by atoms with van der Waals surface area (Å²) in [5.41, 5.74) is 4.77. The molecule has 4 atom stereocenters. The number of nitrogens with zero attached hydrogens (tertiary/aromatic N) is 4. The second-order valence-electron chi connectivity index (χ2n) is 17.3. The number of aromatic amines is 2. The third-order valence-electron chi connectivity index (χ3n) is 12.9.